The van der Waals surface area contributed by atoms with E-state index in [1.165, 1.54) is 0 Å². The van der Waals surface area contributed by atoms with Crippen molar-refractivity contribution in [3.8, 4) is 0 Å². The van der Waals surface area contributed by atoms with Crippen LogP contribution in [-0.4, -0.2) is 34.3 Å². The minimum absolute atomic E-state index is 0.115. The molecule has 17 heavy (non-hydrogen) atoms. The predicted molar refractivity (Wildman–Crippen MR) is 65.9 cm³/mol. The van der Waals surface area contributed by atoms with Crippen molar-refractivity contribution in [1.82, 2.24) is 9.97 Å². The molecule has 1 aromatic rings. The molecule has 1 saturated carbocycles. The fourth-order valence-electron chi connectivity index (χ4n) is 3.25. The lowest BCUT2D eigenvalue weighted by molar-refractivity contribution is 0.133. The average Bonchev–Trinajstić information content (AvgIpc) is 2.80. The molecule has 1 N–H and O–H groups in total. The first kappa shape index (κ1) is 11.0. The third kappa shape index (κ3) is 1.90. The Morgan fingerprint density at radius 1 is 1.18 bits per heavy atom. The van der Waals surface area contributed by atoms with E-state index in [9.17, 15) is 5.11 Å². The summed E-state index contributed by atoms with van der Waals surface area (Å²) in [5.74, 6) is 1.90. The van der Waals surface area contributed by atoms with Crippen molar-refractivity contribution >= 4 is 5.95 Å². The second-order valence-electron chi connectivity index (χ2n) is 5.42. The van der Waals surface area contributed by atoms with E-state index in [0.717, 1.165) is 43.3 Å². The summed E-state index contributed by atoms with van der Waals surface area (Å²) in [6, 6.07) is 2.00. The lowest BCUT2D eigenvalue weighted by Crippen LogP contribution is -2.26. The second-order valence-corrected chi connectivity index (χ2v) is 5.42. The van der Waals surface area contributed by atoms with Gasteiger partial charge in [0.15, 0.2) is 0 Å². The molecule has 1 aliphatic heterocycles. The Hall–Kier alpha value is -1.16. The van der Waals surface area contributed by atoms with Gasteiger partial charge in [-0.15, -0.1) is 0 Å². The van der Waals surface area contributed by atoms with Gasteiger partial charge in [-0.1, -0.05) is 0 Å². The molecule has 1 aliphatic carbocycles. The number of hydrogen-bond acceptors (Lipinski definition) is 4. The molecule has 3 unspecified atom stereocenters. The number of aliphatic hydroxyl groups excluding tert-OH is 1. The van der Waals surface area contributed by atoms with Crippen LogP contribution in [0.2, 0.25) is 0 Å². The van der Waals surface area contributed by atoms with Crippen molar-refractivity contribution in [2.45, 2.75) is 32.8 Å². The highest BCUT2D eigenvalue weighted by Gasteiger charge is 2.42. The minimum Gasteiger partial charge on any atom is -0.393 e. The molecule has 0 amide bonds. The summed E-state index contributed by atoms with van der Waals surface area (Å²) < 4.78 is 0. The third-order valence-electron chi connectivity index (χ3n) is 4.07. The molecule has 1 aromatic heterocycles. The van der Waals surface area contributed by atoms with E-state index >= 15 is 0 Å². The maximum Gasteiger partial charge on any atom is 0.225 e. The number of fused-ring (bicyclic) bond motifs is 1. The Kier molecular flexibility index (Phi) is 2.54. The summed E-state index contributed by atoms with van der Waals surface area (Å²) in [7, 11) is 0. The summed E-state index contributed by atoms with van der Waals surface area (Å²) in [5.41, 5.74) is 2.04. The molecule has 3 rings (SSSR count). The molecule has 2 fully saturated rings. The zero-order chi connectivity index (χ0) is 12.0. The van der Waals surface area contributed by atoms with Gasteiger partial charge in [0.05, 0.1) is 6.10 Å². The van der Waals surface area contributed by atoms with E-state index in [4.69, 9.17) is 0 Å². The summed E-state index contributed by atoms with van der Waals surface area (Å²) >= 11 is 0. The molecular weight excluding hydrogens is 214 g/mol. The molecule has 2 aliphatic rings. The Labute approximate surface area is 102 Å². The Morgan fingerprint density at radius 2 is 1.88 bits per heavy atom. The van der Waals surface area contributed by atoms with Gasteiger partial charge in [-0.3, -0.25) is 0 Å². The number of nitrogens with zero attached hydrogens (tertiary/aromatic N) is 3. The van der Waals surface area contributed by atoms with Crippen LogP contribution in [0.1, 0.15) is 24.2 Å². The van der Waals surface area contributed by atoms with Crippen molar-refractivity contribution in [2.75, 3.05) is 18.0 Å². The van der Waals surface area contributed by atoms with Gasteiger partial charge in [0.2, 0.25) is 5.95 Å². The van der Waals surface area contributed by atoms with Crippen LogP contribution in [-0.2, 0) is 0 Å². The number of anilines is 1. The molecule has 0 radical (unpaired) electrons. The highest BCUT2D eigenvalue weighted by Crippen LogP contribution is 2.39. The van der Waals surface area contributed by atoms with Gasteiger partial charge in [0.25, 0.3) is 0 Å². The average molecular weight is 233 g/mol. The van der Waals surface area contributed by atoms with Gasteiger partial charge in [-0.05, 0) is 38.7 Å². The lowest BCUT2D eigenvalue weighted by atomic mass is 10.00. The third-order valence-corrected chi connectivity index (χ3v) is 4.07. The Bertz CT molecular complexity index is 414. The van der Waals surface area contributed by atoms with Gasteiger partial charge < -0.3 is 10.0 Å². The van der Waals surface area contributed by atoms with E-state index in [1.807, 2.05) is 19.9 Å². The highest BCUT2D eigenvalue weighted by molar-refractivity contribution is 5.35. The first-order valence-corrected chi connectivity index (χ1v) is 6.39. The smallest absolute Gasteiger partial charge is 0.225 e. The topological polar surface area (TPSA) is 49.2 Å². The molecule has 4 heteroatoms. The largest absolute Gasteiger partial charge is 0.393 e. The van der Waals surface area contributed by atoms with Gasteiger partial charge in [0.1, 0.15) is 0 Å². The van der Waals surface area contributed by atoms with Crippen LogP contribution in [0.25, 0.3) is 0 Å². The Morgan fingerprint density at radius 3 is 2.53 bits per heavy atom. The summed E-state index contributed by atoms with van der Waals surface area (Å²) in [6.45, 7) is 5.92. The maximum absolute atomic E-state index is 9.91. The normalized spacial score (nSPS) is 31.9. The minimum atomic E-state index is -0.115. The molecule has 1 saturated heterocycles. The van der Waals surface area contributed by atoms with E-state index < -0.39 is 0 Å². The van der Waals surface area contributed by atoms with Gasteiger partial charge in [0, 0.05) is 30.4 Å². The van der Waals surface area contributed by atoms with Gasteiger partial charge in [-0.2, -0.15) is 0 Å². The quantitative estimate of drug-likeness (QED) is 0.794. The van der Waals surface area contributed by atoms with E-state index in [2.05, 4.69) is 14.9 Å². The van der Waals surface area contributed by atoms with Gasteiger partial charge >= 0.3 is 0 Å². The molecule has 2 heterocycles. The molecule has 0 bridgehead atoms. The van der Waals surface area contributed by atoms with Crippen molar-refractivity contribution < 1.29 is 5.11 Å². The van der Waals surface area contributed by atoms with E-state index in [0.29, 0.717) is 11.8 Å². The van der Waals surface area contributed by atoms with E-state index in [1.54, 1.807) is 0 Å². The van der Waals surface area contributed by atoms with Crippen LogP contribution in [0.5, 0.6) is 0 Å². The number of rotatable bonds is 1. The summed E-state index contributed by atoms with van der Waals surface area (Å²) in [6.07, 6.45) is 2.00. The van der Waals surface area contributed by atoms with Gasteiger partial charge in [-0.25, -0.2) is 9.97 Å². The van der Waals surface area contributed by atoms with Crippen molar-refractivity contribution in [3.05, 3.63) is 17.5 Å². The monoisotopic (exact) mass is 233 g/mol. The molecule has 0 spiro atoms. The van der Waals surface area contributed by atoms with E-state index in [-0.39, 0.29) is 6.10 Å². The summed E-state index contributed by atoms with van der Waals surface area (Å²) in [4.78, 5) is 11.2. The predicted octanol–water partition coefficient (Wildman–Crippen LogP) is 1.30. The zero-order valence-electron chi connectivity index (χ0n) is 10.4. The van der Waals surface area contributed by atoms with Crippen LogP contribution in [0.15, 0.2) is 6.07 Å². The molecule has 3 atom stereocenters. The lowest BCUT2D eigenvalue weighted by Gasteiger charge is -2.18. The first-order valence-electron chi connectivity index (χ1n) is 6.39. The molecule has 92 valence electrons. The molecule has 0 aromatic carbocycles. The maximum atomic E-state index is 9.91. The number of aryl methyl sites for hydroxylation is 2. The number of aliphatic hydroxyl groups is 1. The number of aromatic nitrogens is 2. The van der Waals surface area contributed by atoms with Crippen molar-refractivity contribution in [2.24, 2.45) is 11.8 Å². The van der Waals surface area contributed by atoms with Crippen molar-refractivity contribution in [3.63, 3.8) is 0 Å². The fourth-order valence-corrected chi connectivity index (χ4v) is 3.25. The number of hydrogen-bond donors (Lipinski definition) is 1. The first-order chi connectivity index (χ1) is 8.13. The zero-order valence-corrected chi connectivity index (χ0v) is 10.4. The van der Waals surface area contributed by atoms with Crippen LogP contribution in [0.3, 0.4) is 0 Å². The van der Waals surface area contributed by atoms with Crippen LogP contribution >= 0.6 is 0 Å². The standard InChI is InChI=1S/C13H19N3O/c1-8-5-9(2)15-13(14-8)16-6-10-3-4-12(17)11(10)7-16/h5,10-12,17H,3-4,6-7H2,1-2H3. The second kappa shape index (κ2) is 3.95. The SMILES string of the molecule is Cc1cc(C)nc(N2CC3CCC(O)C3C2)n1. The molecular formula is C13H19N3O. The summed E-state index contributed by atoms with van der Waals surface area (Å²) in [5, 5.41) is 9.91. The van der Waals surface area contributed by atoms with Crippen LogP contribution in [0, 0.1) is 25.7 Å². The highest BCUT2D eigenvalue weighted by atomic mass is 16.3. The Balaban J connectivity index is 1.82. The van der Waals surface area contributed by atoms with Crippen LogP contribution < -0.4 is 4.90 Å². The van der Waals surface area contributed by atoms with Crippen LogP contribution in [0.4, 0.5) is 5.95 Å². The van der Waals surface area contributed by atoms with Crippen molar-refractivity contribution in [1.29, 1.82) is 0 Å². The fraction of sp³-hybridized carbons (Fsp3) is 0.692. The molecule has 4 nitrogen and oxygen atoms in total.